The van der Waals surface area contributed by atoms with E-state index in [9.17, 15) is 8.78 Å². The summed E-state index contributed by atoms with van der Waals surface area (Å²) in [5, 5.41) is 0. The Kier molecular flexibility index (Phi) is 8.78. The lowest BCUT2D eigenvalue weighted by atomic mass is 10.1. The third-order valence-electron chi connectivity index (χ3n) is 3.33. The van der Waals surface area contributed by atoms with Crippen LogP contribution in [0.4, 0.5) is 8.78 Å². The van der Waals surface area contributed by atoms with Gasteiger partial charge in [0.05, 0.1) is 0 Å². The van der Waals surface area contributed by atoms with E-state index >= 15 is 0 Å². The molecular formula is C16H23F2O3Si. The SMILES string of the molecule is CCOC(CCCCCc1ccc(F)cc1F)(O[Si])OCC. The zero-order valence-corrected chi connectivity index (χ0v) is 14.2. The molecule has 1 rings (SSSR count). The highest BCUT2D eigenvalue weighted by molar-refractivity contribution is 5.98. The summed E-state index contributed by atoms with van der Waals surface area (Å²) in [6.45, 7) is 4.70. The summed E-state index contributed by atoms with van der Waals surface area (Å²) in [5.41, 5.74) is 0.540. The lowest BCUT2D eigenvalue weighted by Crippen LogP contribution is -2.38. The molecule has 0 N–H and O–H groups in total. The molecule has 0 aliphatic heterocycles. The summed E-state index contributed by atoms with van der Waals surface area (Å²) in [4.78, 5) is 0. The van der Waals surface area contributed by atoms with E-state index in [-0.39, 0.29) is 0 Å². The van der Waals surface area contributed by atoms with Gasteiger partial charge in [0.15, 0.2) is 0 Å². The highest BCUT2D eigenvalue weighted by Crippen LogP contribution is 2.23. The van der Waals surface area contributed by atoms with Gasteiger partial charge < -0.3 is 13.9 Å². The molecule has 0 bridgehead atoms. The molecule has 3 radical (unpaired) electrons. The Labute approximate surface area is 134 Å². The van der Waals surface area contributed by atoms with Gasteiger partial charge in [-0.2, -0.15) is 0 Å². The number of benzene rings is 1. The van der Waals surface area contributed by atoms with E-state index in [0.717, 1.165) is 25.3 Å². The van der Waals surface area contributed by atoms with E-state index in [1.807, 2.05) is 13.8 Å². The van der Waals surface area contributed by atoms with Gasteiger partial charge in [-0.1, -0.05) is 12.5 Å². The summed E-state index contributed by atoms with van der Waals surface area (Å²) in [7, 11) is 3.01. The van der Waals surface area contributed by atoms with E-state index in [4.69, 9.17) is 13.9 Å². The largest absolute Gasteiger partial charge is 0.371 e. The van der Waals surface area contributed by atoms with Gasteiger partial charge in [-0.05, 0) is 44.7 Å². The van der Waals surface area contributed by atoms with Crippen molar-refractivity contribution >= 4 is 10.5 Å². The van der Waals surface area contributed by atoms with E-state index < -0.39 is 17.6 Å². The zero-order valence-electron chi connectivity index (χ0n) is 13.2. The van der Waals surface area contributed by atoms with Crippen molar-refractivity contribution < 1.29 is 22.7 Å². The Morgan fingerprint density at radius 1 is 1.05 bits per heavy atom. The van der Waals surface area contributed by atoms with Crippen LogP contribution in [0.3, 0.4) is 0 Å². The normalized spacial score (nSPS) is 11.9. The first-order chi connectivity index (χ1) is 10.6. The molecule has 3 nitrogen and oxygen atoms in total. The predicted octanol–water partition coefficient (Wildman–Crippen LogP) is 3.89. The maximum atomic E-state index is 13.5. The molecule has 123 valence electrons. The standard InChI is InChI=1S/C16H23F2O3Si/c1-3-19-16(21-22,20-4-2)11-7-5-6-8-13-9-10-14(17)12-15(13)18/h9-10,12H,3-8,11H2,1-2H3. The van der Waals surface area contributed by atoms with Crippen molar-refractivity contribution in [3.63, 3.8) is 0 Å². The van der Waals surface area contributed by atoms with E-state index in [0.29, 0.717) is 31.6 Å². The van der Waals surface area contributed by atoms with Gasteiger partial charge >= 0.3 is 0 Å². The summed E-state index contributed by atoms with van der Waals surface area (Å²) in [6.07, 6.45) is 3.64. The first-order valence-electron chi connectivity index (χ1n) is 7.63. The molecule has 0 fully saturated rings. The number of halogens is 2. The maximum absolute atomic E-state index is 13.5. The summed E-state index contributed by atoms with van der Waals surface area (Å²) >= 11 is 0. The second-order valence-corrected chi connectivity index (χ2v) is 5.15. The van der Waals surface area contributed by atoms with Gasteiger partial charge in [0.1, 0.15) is 11.6 Å². The van der Waals surface area contributed by atoms with Crippen LogP contribution >= 0.6 is 0 Å². The molecule has 0 saturated carbocycles. The minimum Gasteiger partial charge on any atom is -0.371 e. The molecule has 0 amide bonds. The van der Waals surface area contributed by atoms with E-state index in [2.05, 4.69) is 10.5 Å². The molecule has 0 unspecified atom stereocenters. The molecule has 0 spiro atoms. The van der Waals surface area contributed by atoms with Gasteiger partial charge in [0.25, 0.3) is 16.5 Å². The Bertz CT molecular complexity index is 437. The monoisotopic (exact) mass is 329 g/mol. The maximum Gasteiger partial charge on any atom is 0.272 e. The fourth-order valence-corrected chi connectivity index (χ4v) is 2.51. The molecule has 1 aromatic rings. The van der Waals surface area contributed by atoms with Crippen molar-refractivity contribution in [2.75, 3.05) is 13.2 Å². The Morgan fingerprint density at radius 3 is 2.27 bits per heavy atom. The molecule has 0 aliphatic carbocycles. The van der Waals surface area contributed by atoms with Crippen LogP contribution in [-0.2, 0) is 20.3 Å². The molecule has 6 heteroatoms. The van der Waals surface area contributed by atoms with Crippen molar-refractivity contribution in [2.24, 2.45) is 0 Å². The molecule has 0 atom stereocenters. The summed E-state index contributed by atoms with van der Waals surface area (Å²) in [6, 6.07) is 3.70. The Hall–Kier alpha value is -0.823. The van der Waals surface area contributed by atoms with Gasteiger partial charge in [0.2, 0.25) is 0 Å². The van der Waals surface area contributed by atoms with E-state index in [1.165, 1.54) is 12.1 Å². The molecule has 0 heterocycles. The first kappa shape index (κ1) is 19.2. The van der Waals surface area contributed by atoms with Crippen LogP contribution < -0.4 is 0 Å². The molecule has 1 aromatic carbocycles. The van der Waals surface area contributed by atoms with Crippen LogP contribution in [0.2, 0.25) is 0 Å². The van der Waals surface area contributed by atoms with Crippen molar-refractivity contribution in [3.05, 3.63) is 35.4 Å². The number of rotatable bonds is 11. The van der Waals surface area contributed by atoms with E-state index in [1.54, 1.807) is 0 Å². The van der Waals surface area contributed by atoms with Crippen molar-refractivity contribution in [2.45, 2.75) is 51.9 Å². The Morgan fingerprint density at radius 2 is 1.73 bits per heavy atom. The lowest BCUT2D eigenvalue weighted by Gasteiger charge is -2.31. The quantitative estimate of drug-likeness (QED) is 0.350. The fraction of sp³-hybridized carbons (Fsp3) is 0.625. The fourth-order valence-electron chi connectivity index (χ4n) is 2.29. The van der Waals surface area contributed by atoms with Crippen LogP contribution in [0.1, 0.15) is 45.1 Å². The number of aryl methyl sites for hydroxylation is 1. The van der Waals surface area contributed by atoms with Crippen molar-refractivity contribution in [3.8, 4) is 0 Å². The average molecular weight is 329 g/mol. The van der Waals surface area contributed by atoms with Gasteiger partial charge in [-0.15, -0.1) is 0 Å². The third-order valence-corrected chi connectivity index (χ3v) is 3.64. The number of hydrogen-bond donors (Lipinski definition) is 0. The highest BCUT2D eigenvalue weighted by atomic mass is 28.2. The van der Waals surface area contributed by atoms with Gasteiger partial charge in [-0.25, -0.2) is 8.78 Å². The summed E-state index contributed by atoms with van der Waals surface area (Å²) in [5.74, 6) is -2.10. The van der Waals surface area contributed by atoms with Crippen LogP contribution in [0.5, 0.6) is 0 Å². The Balaban J connectivity index is 2.36. The minimum atomic E-state index is -1.07. The number of hydrogen-bond acceptors (Lipinski definition) is 3. The third kappa shape index (κ3) is 6.12. The first-order valence-corrected chi connectivity index (χ1v) is 8.04. The number of ether oxygens (including phenoxy) is 2. The van der Waals surface area contributed by atoms with Crippen LogP contribution in [-0.4, -0.2) is 29.7 Å². The lowest BCUT2D eigenvalue weighted by molar-refractivity contribution is -0.344. The minimum absolute atomic E-state index is 0.477. The molecule has 0 aliphatic rings. The smallest absolute Gasteiger partial charge is 0.272 e. The predicted molar refractivity (Wildman–Crippen MR) is 81.4 cm³/mol. The summed E-state index contributed by atoms with van der Waals surface area (Å²) < 4.78 is 42.5. The van der Waals surface area contributed by atoms with Crippen molar-refractivity contribution in [1.29, 1.82) is 0 Å². The topological polar surface area (TPSA) is 27.7 Å². The van der Waals surface area contributed by atoms with Crippen LogP contribution in [0.15, 0.2) is 18.2 Å². The van der Waals surface area contributed by atoms with Crippen LogP contribution in [0.25, 0.3) is 0 Å². The second kappa shape index (κ2) is 10.0. The molecule has 0 aromatic heterocycles. The van der Waals surface area contributed by atoms with Crippen molar-refractivity contribution in [1.82, 2.24) is 0 Å². The zero-order chi connectivity index (χ0) is 16.4. The molecular weight excluding hydrogens is 306 g/mol. The van der Waals surface area contributed by atoms with Gasteiger partial charge in [0, 0.05) is 25.7 Å². The second-order valence-electron chi connectivity index (χ2n) is 4.95. The highest BCUT2D eigenvalue weighted by Gasteiger charge is 2.30. The molecule has 0 saturated heterocycles. The van der Waals surface area contributed by atoms with Crippen LogP contribution in [0, 0.1) is 11.6 Å². The average Bonchev–Trinajstić information content (AvgIpc) is 2.49. The van der Waals surface area contributed by atoms with Gasteiger partial charge in [-0.3, -0.25) is 0 Å². The molecule has 22 heavy (non-hydrogen) atoms. The number of unbranched alkanes of at least 4 members (excludes halogenated alkanes) is 2.